The number of nitrogens with zero attached hydrogens (tertiary/aromatic N) is 1. The second kappa shape index (κ2) is 7.12. The Kier molecular flexibility index (Phi) is 5.37. The van der Waals surface area contributed by atoms with Gasteiger partial charge in [-0.1, -0.05) is 26.0 Å². The highest BCUT2D eigenvalue weighted by Gasteiger charge is 2.19. The van der Waals surface area contributed by atoms with E-state index in [0.29, 0.717) is 5.89 Å². The minimum atomic E-state index is -3.73. The Bertz CT molecular complexity index is 812. The molecule has 0 fully saturated rings. The number of benzene rings is 1. The van der Waals surface area contributed by atoms with Gasteiger partial charge in [0.2, 0.25) is 15.9 Å². The standard InChI is InChI=1S/C15H20N4O4S/c1-9(2)13(16)15-19-12(8-23-15)14(20)18-7-10-3-5-11(6-4-10)24(17,21)22/h3-6,8-9,13H,7,16H2,1-2H3,(H,18,20)(H2,17,21,22). The number of nitrogens with two attached hydrogens (primary N) is 2. The summed E-state index contributed by atoms with van der Waals surface area (Å²) in [6, 6.07) is 5.53. The number of hydrogen-bond donors (Lipinski definition) is 3. The lowest BCUT2D eigenvalue weighted by Crippen LogP contribution is -2.24. The Morgan fingerprint density at radius 1 is 1.29 bits per heavy atom. The average molecular weight is 352 g/mol. The van der Waals surface area contributed by atoms with Gasteiger partial charge in [-0.2, -0.15) is 0 Å². The van der Waals surface area contributed by atoms with E-state index in [9.17, 15) is 13.2 Å². The number of nitrogens with one attached hydrogen (secondary N) is 1. The number of hydrogen-bond acceptors (Lipinski definition) is 6. The lowest BCUT2D eigenvalue weighted by Gasteiger charge is -2.10. The van der Waals surface area contributed by atoms with Crippen LogP contribution in [0.4, 0.5) is 0 Å². The predicted octanol–water partition coefficient (Wildman–Crippen LogP) is 0.908. The maximum absolute atomic E-state index is 12.1. The van der Waals surface area contributed by atoms with E-state index in [4.69, 9.17) is 15.3 Å². The first-order chi connectivity index (χ1) is 11.2. The van der Waals surface area contributed by atoms with E-state index in [1.807, 2.05) is 13.8 Å². The van der Waals surface area contributed by atoms with Crippen LogP contribution in [0.25, 0.3) is 0 Å². The summed E-state index contributed by atoms with van der Waals surface area (Å²) in [5, 5.41) is 7.70. The maximum atomic E-state index is 12.1. The van der Waals surface area contributed by atoms with Crippen molar-refractivity contribution in [2.45, 2.75) is 31.3 Å². The first kappa shape index (κ1) is 18.1. The molecular weight excluding hydrogens is 332 g/mol. The minimum Gasteiger partial charge on any atom is -0.446 e. The van der Waals surface area contributed by atoms with Crippen molar-refractivity contribution in [3.05, 3.63) is 47.7 Å². The van der Waals surface area contributed by atoms with E-state index in [1.54, 1.807) is 12.1 Å². The summed E-state index contributed by atoms with van der Waals surface area (Å²) in [6.07, 6.45) is 1.26. The molecule has 24 heavy (non-hydrogen) atoms. The monoisotopic (exact) mass is 352 g/mol. The molecule has 1 amide bonds. The lowest BCUT2D eigenvalue weighted by atomic mass is 10.1. The van der Waals surface area contributed by atoms with Crippen molar-refractivity contribution in [1.29, 1.82) is 0 Å². The first-order valence-electron chi connectivity index (χ1n) is 7.29. The van der Waals surface area contributed by atoms with Gasteiger partial charge in [0.05, 0.1) is 10.9 Å². The normalized spacial score (nSPS) is 13.0. The molecule has 0 aliphatic rings. The van der Waals surface area contributed by atoms with Crippen LogP contribution in [0.5, 0.6) is 0 Å². The summed E-state index contributed by atoms with van der Waals surface area (Å²) in [5.41, 5.74) is 6.78. The molecule has 0 radical (unpaired) electrons. The van der Waals surface area contributed by atoms with Gasteiger partial charge < -0.3 is 15.5 Å². The third kappa shape index (κ3) is 4.40. The van der Waals surface area contributed by atoms with Gasteiger partial charge in [0.25, 0.3) is 5.91 Å². The fraction of sp³-hybridized carbons (Fsp3) is 0.333. The van der Waals surface area contributed by atoms with Crippen molar-refractivity contribution in [3.8, 4) is 0 Å². The van der Waals surface area contributed by atoms with Gasteiger partial charge in [0.1, 0.15) is 6.26 Å². The molecule has 1 heterocycles. The van der Waals surface area contributed by atoms with Gasteiger partial charge in [-0.25, -0.2) is 18.5 Å². The fourth-order valence-corrected chi connectivity index (χ4v) is 2.42. The zero-order valence-corrected chi connectivity index (χ0v) is 14.2. The third-order valence-electron chi connectivity index (χ3n) is 3.46. The Balaban J connectivity index is 1.98. The van der Waals surface area contributed by atoms with Crippen LogP contribution in [0.2, 0.25) is 0 Å². The molecule has 130 valence electrons. The zero-order chi connectivity index (χ0) is 17.9. The molecule has 2 rings (SSSR count). The van der Waals surface area contributed by atoms with E-state index >= 15 is 0 Å². The number of amides is 1. The Labute approximate surface area is 140 Å². The molecule has 0 aliphatic carbocycles. The minimum absolute atomic E-state index is 0.0152. The number of sulfonamides is 1. The van der Waals surface area contributed by atoms with E-state index in [-0.39, 0.29) is 29.1 Å². The van der Waals surface area contributed by atoms with Crippen LogP contribution in [-0.2, 0) is 16.6 Å². The van der Waals surface area contributed by atoms with Crippen molar-refractivity contribution >= 4 is 15.9 Å². The number of primary sulfonamides is 1. The van der Waals surface area contributed by atoms with Crippen LogP contribution in [0, 0.1) is 5.92 Å². The SMILES string of the molecule is CC(C)C(N)c1nc(C(=O)NCc2ccc(S(N)(=O)=O)cc2)co1. The van der Waals surface area contributed by atoms with Crippen molar-refractivity contribution < 1.29 is 17.6 Å². The second-order valence-electron chi connectivity index (χ2n) is 5.71. The summed E-state index contributed by atoms with van der Waals surface area (Å²) in [7, 11) is -3.73. The third-order valence-corrected chi connectivity index (χ3v) is 4.39. The smallest absolute Gasteiger partial charge is 0.273 e. The van der Waals surface area contributed by atoms with Crippen molar-refractivity contribution in [3.63, 3.8) is 0 Å². The molecule has 9 heteroatoms. The zero-order valence-electron chi connectivity index (χ0n) is 13.4. The van der Waals surface area contributed by atoms with Crippen LogP contribution in [0.15, 0.2) is 39.8 Å². The molecule has 0 saturated carbocycles. The van der Waals surface area contributed by atoms with E-state index in [0.717, 1.165) is 5.56 Å². The summed E-state index contributed by atoms with van der Waals surface area (Å²) in [6.45, 7) is 4.07. The first-order valence-corrected chi connectivity index (χ1v) is 8.84. The predicted molar refractivity (Wildman–Crippen MR) is 87.3 cm³/mol. The summed E-state index contributed by atoms with van der Waals surface area (Å²) >= 11 is 0. The van der Waals surface area contributed by atoms with Gasteiger partial charge in [-0.3, -0.25) is 4.79 Å². The van der Waals surface area contributed by atoms with E-state index < -0.39 is 15.9 Å². The highest BCUT2D eigenvalue weighted by atomic mass is 32.2. The highest BCUT2D eigenvalue weighted by Crippen LogP contribution is 2.18. The van der Waals surface area contributed by atoms with Crippen molar-refractivity contribution in [2.24, 2.45) is 16.8 Å². The number of rotatable bonds is 6. The second-order valence-corrected chi connectivity index (χ2v) is 7.27. The van der Waals surface area contributed by atoms with Gasteiger partial charge >= 0.3 is 0 Å². The molecule has 0 bridgehead atoms. The van der Waals surface area contributed by atoms with Crippen LogP contribution in [0.3, 0.4) is 0 Å². The van der Waals surface area contributed by atoms with Gasteiger partial charge in [-0.05, 0) is 23.6 Å². The Hall–Kier alpha value is -2.23. The molecule has 1 atom stereocenters. The molecule has 0 spiro atoms. The molecule has 5 N–H and O–H groups in total. The molecule has 8 nitrogen and oxygen atoms in total. The molecule has 0 aliphatic heterocycles. The van der Waals surface area contributed by atoms with Gasteiger partial charge in [0, 0.05) is 6.54 Å². The van der Waals surface area contributed by atoms with E-state index in [2.05, 4.69) is 10.3 Å². The number of carbonyl (C=O) groups excluding carboxylic acids is 1. The quantitative estimate of drug-likeness (QED) is 0.705. The number of carbonyl (C=O) groups is 1. The lowest BCUT2D eigenvalue weighted by molar-refractivity contribution is 0.0946. The molecular formula is C15H20N4O4S. The fourth-order valence-electron chi connectivity index (χ4n) is 1.90. The van der Waals surface area contributed by atoms with Crippen molar-refractivity contribution in [2.75, 3.05) is 0 Å². The van der Waals surface area contributed by atoms with Crippen LogP contribution < -0.4 is 16.2 Å². The van der Waals surface area contributed by atoms with Crippen molar-refractivity contribution in [1.82, 2.24) is 10.3 Å². The molecule has 1 aromatic carbocycles. The van der Waals surface area contributed by atoms with Gasteiger partial charge in [0.15, 0.2) is 5.69 Å². The topological polar surface area (TPSA) is 141 Å². The largest absolute Gasteiger partial charge is 0.446 e. The molecule has 2 aromatic rings. The van der Waals surface area contributed by atoms with E-state index in [1.165, 1.54) is 18.4 Å². The van der Waals surface area contributed by atoms with Crippen LogP contribution in [0.1, 0.15) is 41.8 Å². The van der Waals surface area contributed by atoms with Gasteiger partial charge in [-0.15, -0.1) is 0 Å². The summed E-state index contributed by atoms with van der Waals surface area (Å²) in [4.78, 5) is 16.2. The Morgan fingerprint density at radius 3 is 2.46 bits per heavy atom. The molecule has 0 saturated heterocycles. The number of oxazole rings is 1. The van der Waals surface area contributed by atoms with Crippen LogP contribution in [-0.4, -0.2) is 19.3 Å². The van der Waals surface area contributed by atoms with Crippen LogP contribution >= 0.6 is 0 Å². The summed E-state index contributed by atoms with van der Waals surface area (Å²) < 4.78 is 27.6. The Morgan fingerprint density at radius 2 is 1.92 bits per heavy atom. The maximum Gasteiger partial charge on any atom is 0.273 e. The molecule has 1 unspecified atom stereocenters. The highest BCUT2D eigenvalue weighted by molar-refractivity contribution is 7.89. The molecule has 1 aromatic heterocycles. The average Bonchev–Trinajstić information content (AvgIpc) is 3.01. The number of aromatic nitrogens is 1. The summed E-state index contributed by atoms with van der Waals surface area (Å²) in [5.74, 6) is 0.0426.